The van der Waals surface area contributed by atoms with Crippen LogP contribution in [-0.2, 0) is 11.3 Å². The number of carbonyl (C=O) groups excluding carboxylic acids is 1. The van der Waals surface area contributed by atoms with Crippen LogP contribution < -0.4 is 10.9 Å². The Morgan fingerprint density at radius 2 is 2.25 bits per heavy atom. The highest BCUT2D eigenvalue weighted by Crippen LogP contribution is 2.21. The lowest BCUT2D eigenvalue weighted by Crippen LogP contribution is -2.29. The highest BCUT2D eigenvalue weighted by atomic mass is 79.9. The number of aromatic nitrogens is 2. The van der Waals surface area contributed by atoms with Gasteiger partial charge in [0.15, 0.2) is 5.16 Å². The molecule has 1 amide bonds. The molecule has 0 saturated heterocycles. The van der Waals surface area contributed by atoms with E-state index in [1.807, 2.05) is 0 Å². The monoisotopic (exact) mass is 427 g/mol. The van der Waals surface area contributed by atoms with Crippen LogP contribution in [0.3, 0.4) is 0 Å². The number of benzene rings is 1. The molecular weight excluding hydrogens is 417 g/mol. The zero-order chi connectivity index (χ0) is 17.3. The van der Waals surface area contributed by atoms with Crippen molar-refractivity contribution < 1.29 is 9.18 Å². The van der Waals surface area contributed by atoms with E-state index in [1.54, 1.807) is 23.8 Å². The lowest BCUT2D eigenvalue weighted by Gasteiger charge is -2.11. The Hall–Kier alpha value is -1.71. The number of nitrogens with one attached hydrogen (secondary N) is 1. The van der Waals surface area contributed by atoms with E-state index in [0.29, 0.717) is 19.8 Å². The highest BCUT2D eigenvalue weighted by molar-refractivity contribution is 9.10. The van der Waals surface area contributed by atoms with Gasteiger partial charge in [0.2, 0.25) is 5.91 Å². The molecule has 0 fully saturated rings. The minimum atomic E-state index is -0.554. The Labute approximate surface area is 153 Å². The van der Waals surface area contributed by atoms with E-state index in [-0.39, 0.29) is 17.8 Å². The van der Waals surface area contributed by atoms with Crippen LogP contribution in [-0.4, -0.2) is 21.7 Å². The summed E-state index contributed by atoms with van der Waals surface area (Å²) in [5.74, 6) is -1.05. The first-order valence-corrected chi connectivity index (χ1v) is 9.66. The Kier molecular flexibility index (Phi) is 5.02. The molecule has 1 N–H and O–H groups in total. The number of halogens is 2. The standard InChI is InChI=1S/C15H11BrFN3O2S2/c1-23-15-19-11-4-5-24-13(11)14(22)20(15)7-12(21)18-10-3-2-8(16)6-9(10)17/h2-6H,7H2,1H3,(H,18,21). The third kappa shape index (κ3) is 3.38. The maximum Gasteiger partial charge on any atom is 0.272 e. The van der Waals surface area contributed by atoms with Crippen LogP contribution in [0.1, 0.15) is 0 Å². The summed E-state index contributed by atoms with van der Waals surface area (Å²) in [6.45, 7) is -0.231. The lowest BCUT2D eigenvalue weighted by molar-refractivity contribution is -0.116. The molecule has 0 aliphatic heterocycles. The van der Waals surface area contributed by atoms with Crippen LogP contribution in [0.5, 0.6) is 0 Å². The molecule has 0 saturated carbocycles. The van der Waals surface area contributed by atoms with Crippen molar-refractivity contribution in [1.82, 2.24) is 9.55 Å². The van der Waals surface area contributed by atoms with Gasteiger partial charge in [-0.25, -0.2) is 9.37 Å². The number of fused-ring (bicyclic) bond motifs is 1. The van der Waals surface area contributed by atoms with Gasteiger partial charge < -0.3 is 5.32 Å². The van der Waals surface area contributed by atoms with Gasteiger partial charge in [0.25, 0.3) is 5.56 Å². The zero-order valence-corrected chi connectivity index (χ0v) is 15.6. The highest BCUT2D eigenvalue weighted by Gasteiger charge is 2.15. The van der Waals surface area contributed by atoms with Crippen LogP contribution >= 0.6 is 39.0 Å². The fourth-order valence-corrected chi connectivity index (χ4v) is 3.81. The van der Waals surface area contributed by atoms with E-state index in [9.17, 15) is 14.0 Å². The van der Waals surface area contributed by atoms with Crippen LogP contribution in [0.2, 0.25) is 0 Å². The van der Waals surface area contributed by atoms with Crippen molar-refractivity contribution >= 4 is 60.8 Å². The summed E-state index contributed by atoms with van der Waals surface area (Å²) in [5.41, 5.74) is 0.405. The number of thiophene rings is 1. The van der Waals surface area contributed by atoms with Gasteiger partial charge in [-0.3, -0.25) is 14.2 Å². The molecule has 1 aromatic carbocycles. The van der Waals surface area contributed by atoms with Crippen LogP contribution in [0.4, 0.5) is 10.1 Å². The minimum absolute atomic E-state index is 0.0621. The molecule has 0 radical (unpaired) electrons. The fraction of sp³-hybridized carbons (Fsp3) is 0.133. The second-order valence-electron chi connectivity index (χ2n) is 4.80. The fourth-order valence-electron chi connectivity index (χ4n) is 2.14. The third-order valence-electron chi connectivity index (χ3n) is 3.22. The summed E-state index contributed by atoms with van der Waals surface area (Å²) in [6.07, 6.45) is 1.78. The van der Waals surface area contributed by atoms with Crippen molar-refractivity contribution in [2.24, 2.45) is 0 Å². The van der Waals surface area contributed by atoms with E-state index < -0.39 is 11.7 Å². The Balaban J connectivity index is 1.90. The zero-order valence-electron chi connectivity index (χ0n) is 12.4. The Morgan fingerprint density at radius 3 is 2.96 bits per heavy atom. The molecule has 24 heavy (non-hydrogen) atoms. The van der Waals surface area contributed by atoms with Gasteiger partial charge in [0.1, 0.15) is 17.1 Å². The number of hydrogen-bond acceptors (Lipinski definition) is 5. The van der Waals surface area contributed by atoms with Gasteiger partial charge >= 0.3 is 0 Å². The predicted octanol–water partition coefficient (Wildman–Crippen LogP) is 3.72. The van der Waals surface area contributed by atoms with Crippen LogP contribution in [0.25, 0.3) is 10.2 Å². The third-order valence-corrected chi connectivity index (χ3v) is 5.28. The van der Waals surface area contributed by atoms with E-state index in [1.165, 1.54) is 39.8 Å². The molecule has 0 aliphatic carbocycles. The van der Waals surface area contributed by atoms with Gasteiger partial charge in [-0.2, -0.15) is 0 Å². The quantitative estimate of drug-likeness (QED) is 0.508. The van der Waals surface area contributed by atoms with Crippen molar-refractivity contribution in [2.75, 3.05) is 11.6 Å². The SMILES string of the molecule is CSc1nc2ccsc2c(=O)n1CC(=O)Nc1ccc(Br)cc1F. The molecule has 0 unspecified atom stereocenters. The van der Waals surface area contributed by atoms with Gasteiger partial charge in [-0.15, -0.1) is 11.3 Å². The molecule has 0 bridgehead atoms. The van der Waals surface area contributed by atoms with Crippen molar-refractivity contribution in [1.29, 1.82) is 0 Å². The summed E-state index contributed by atoms with van der Waals surface area (Å²) in [7, 11) is 0. The van der Waals surface area contributed by atoms with E-state index >= 15 is 0 Å². The average Bonchev–Trinajstić information content (AvgIpc) is 3.01. The number of hydrogen-bond donors (Lipinski definition) is 1. The summed E-state index contributed by atoms with van der Waals surface area (Å²) >= 11 is 5.71. The number of amides is 1. The number of rotatable bonds is 4. The van der Waals surface area contributed by atoms with Gasteiger partial charge in [-0.1, -0.05) is 27.7 Å². The van der Waals surface area contributed by atoms with Crippen molar-refractivity contribution in [2.45, 2.75) is 11.7 Å². The van der Waals surface area contributed by atoms with E-state index in [0.717, 1.165) is 0 Å². The molecule has 3 rings (SSSR count). The predicted molar refractivity (Wildman–Crippen MR) is 98.4 cm³/mol. The molecule has 5 nitrogen and oxygen atoms in total. The Morgan fingerprint density at radius 1 is 1.46 bits per heavy atom. The smallest absolute Gasteiger partial charge is 0.272 e. The summed E-state index contributed by atoms with van der Waals surface area (Å²) < 4.78 is 16.2. The molecule has 2 heterocycles. The lowest BCUT2D eigenvalue weighted by atomic mass is 10.3. The maximum absolute atomic E-state index is 13.8. The molecule has 9 heteroatoms. The number of thioether (sulfide) groups is 1. The second-order valence-corrected chi connectivity index (χ2v) is 7.40. The Bertz CT molecular complexity index is 986. The maximum atomic E-state index is 13.8. The molecule has 0 atom stereocenters. The first-order valence-electron chi connectivity index (χ1n) is 6.76. The molecule has 0 spiro atoms. The first kappa shape index (κ1) is 17.1. The van der Waals surface area contributed by atoms with E-state index in [2.05, 4.69) is 26.2 Å². The number of nitrogens with zero attached hydrogens (tertiary/aromatic N) is 2. The number of anilines is 1. The number of carbonyl (C=O) groups is 1. The summed E-state index contributed by atoms with van der Waals surface area (Å²) in [5, 5.41) is 4.70. The van der Waals surface area contributed by atoms with Crippen molar-refractivity contribution in [3.05, 3.63) is 50.3 Å². The topological polar surface area (TPSA) is 64.0 Å². The average molecular weight is 428 g/mol. The van der Waals surface area contributed by atoms with Crippen LogP contribution in [0.15, 0.2) is 44.1 Å². The van der Waals surface area contributed by atoms with Gasteiger partial charge in [0, 0.05) is 4.47 Å². The summed E-state index contributed by atoms with van der Waals surface area (Å²) in [4.78, 5) is 29.1. The van der Waals surface area contributed by atoms with E-state index in [4.69, 9.17) is 0 Å². The van der Waals surface area contributed by atoms with Crippen molar-refractivity contribution in [3.63, 3.8) is 0 Å². The molecule has 3 aromatic rings. The molecular formula is C15H11BrFN3O2S2. The minimum Gasteiger partial charge on any atom is -0.322 e. The van der Waals surface area contributed by atoms with Crippen molar-refractivity contribution in [3.8, 4) is 0 Å². The van der Waals surface area contributed by atoms with Crippen LogP contribution in [0, 0.1) is 5.82 Å². The molecule has 2 aromatic heterocycles. The van der Waals surface area contributed by atoms with Gasteiger partial charge in [-0.05, 0) is 35.9 Å². The van der Waals surface area contributed by atoms with Gasteiger partial charge in [0.05, 0.1) is 11.2 Å². The molecule has 0 aliphatic rings. The second kappa shape index (κ2) is 7.04. The summed E-state index contributed by atoms with van der Waals surface area (Å²) in [6, 6.07) is 6.10. The largest absolute Gasteiger partial charge is 0.322 e. The molecule has 124 valence electrons. The first-order chi connectivity index (χ1) is 11.5. The normalized spacial score (nSPS) is 11.0.